The van der Waals surface area contributed by atoms with E-state index in [2.05, 4.69) is 19.2 Å². The molecule has 106 valence electrons. The van der Waals surface area contributed by atoms with E-state index in [1.54, 1.807) is 18.2 Å². The zero-order chi connectivity index (χ0) is 14.6. The molecule has 0 saturated heterocycles. The number of benzene rings is 1. The summed E-state index contributed by atoms with van der Waals surface area (Å²) in [5.74, 6) is 0.185. The first-order valence-electron chi connectivity index (χ1n) is 6.25. The van der Waals surface area contributed by atoms with E-state index >= 15 is 0 Å². The maximum Gasteiger partial charge on any atom is 0.253 e. The summed E-state index contributed by atoms with van der Waals surface area (Å²) in [4.78, 5) is 12.3. The van der Waals surface area contributed by atoms with Gasteiger partial charge in [-0.25, -0.2) is 0 Å². The SMILES string of the molecule is CC(C)CC(C)(CN)NC(=O)c1cc(Cl)ccc1Cl. The van der Waals surface area contributed by atoms with Crippen LogP contribution in [0.3, 0.4) is 0 Å². The molecular weight excluding hydrogens is 283 g/mol. The Bertz CT molecular complexity index is 463. The summed E-state index contributed by atoms with van der Waals surface area (Å²) in [5, 5.41) is 3.81. The van der Waals surface area contributed by atoms with Crippen molar-refractivity contribution < 1.29 is 4.79 Å². The molecule has 1 atom stereocenters. The lowest BCUT2D eigenvalue weighted by molar-refractivity contribution is 0.0898. The number of carbonyl (C=O) groups excluding carboxylic acids is 1. The molecule has 0 fully saturated rings. The number of hydrogen-bond acceptors (Lipinski definition) is 2. The highest BCUT2D eigenvalue weighted by molar-refractivity contribution is 6.35. The number of nitrogens with two attached hydrogens (primary N) is 1. The fraction of sp³-hybridized carbons (Fsp3) is 0.500. The molecule has 0 aromatic heterocycles. The van der Waals surface area contributed by atoms with Gasteiger partial charge >= 0.3 is 0 Å². The molecule has 3 nitrogen and oxygen atoms in total. The van der Waals surface area contributed by atoms with Gasteiger partial charge in [0.2, 0.25) is 0 Å². The first-order valence-corrected chi connectivity index (χ1v) is 7.00. The van der Waals surface area contributed by atoms with Gasteiger partial charge in [0.25, 0.3) is 5.91 Å². The highest BCUT2D eigenvalue weighted by Crippen LogP contribution is 2.22. The Kier molecular flexibility index (Phi) is 5.65. The Balaban J connectivity index is 2.91. The van der Waals surface area contributed by atoms with Crippen LogP contribution in [0.1, 0.15) is 37.6 Å². The van der Waals surface area contributed by atoms with Gasteiger partial charge in [0, 0.05) is 17.1 Å². The van der Waals surface area contributed by atoms with Crippen LogP contribution in [0.5, 0.6) is 0 Å². The van der Waals surface area contributed by atoms with Crippen molar-refractivity contribution in [1.82, 2.24) is 5.32 Å². The molecule has 0 aliphatic rings. The van der Waals surface area contributed by atoms with Crippen LogP contribution < -0.4 is 11.1 Å². The van der Waals surface area contributed by atoms with E-state index < -0.39 is 5.54 Å². The van der Waals surface area contributed by atoms with E-state index in [-0.39, 0.29) is 5.91 Å². The zero-order valence-corrected chi connectivity index (χ0v) is 13.0. The summed E-state index contributed by atoms with van der Waals surface area (Å²) < 4.78 is 0. The monoisotopic (exact) mass is 302 g/mol. The lowest BCUT2D eigenvalue weighted by Gasteiger charge is -2.31. The second-order valence-corrected chi connectivity index (χ2v) is 6.28. The minimum atomic E-state index is -0.448. The van der Waals surface area contributed by atoms with Crippen LogP contribution in [0.25, 0.3) is 0 Å². The van der Waals surface area contributed by atoms with Gasteiger partial charge in [0.15, 0.2) is 0 Å². The van der Waals surface area contributed by atoms with Crippen LogP contribution in [0.2, 0.25) is 10.0 Å². The first-order chi connectivity index (χ1) is 8.77. The Hall–Kier alpha value is -0.770. The molecule has 0 heterocycles. The van der Waals surface area contributed by atoms with E-state index in [1.807, 2.05) is 6.92 Å². The van der Waals surface area contributed by atoms with Crippen LogP contribution in [0.15, 0.2) is 18.2 Å². The number of hydrogen-bond donors (Lipinski definition) is 2. The Morgan fingerprint density at radius 2 is 2.05 bits per heavy atom. The third kappa shape index (κ3) is 4.68. The highest BCUT2D eigenvalue weighted by atomic mass is 35.5. The summed E-state index contributed by atoms with van der Waals surface area (Å²) in [5.41, 5.74) is 5.70. The second kappa shape index (κ2) is 6.60. The Morgan fingerprint density at radius 3 is 2.58 bits per heavy atom. The fourth-order valence-corrected chi connectivity index (χ4v) is 2.47. The number of nitrogens with one attached hydrogen (secondary N) is 1. The van der Waals surface area contributed by atoms with Gasteiger partial charge < -0.3 is 11.1 Å². The van der Waals surface area contributed by atoms with E-state index in [0.717, 1.165) is 6.42 Å². The highest BCUT2D eigenvalue weighted by Gasteiger charge is 2.27. The molecule has 1 unspecified atom stereocenters. The molecule has 0 spiro atoms. The maximum absolute atomic E-state index is 12.3. The van der Waals surface area contributed by atoms with Crippen molar-refractivity contribution in [3.63, 3.8) is 0 Å². The number of rotatable bonds is 5. The summed E-state index contributed by atoms with van der Waals surface area (Å²) in [7, 11) is 0. The molecule has 0 radical (unpaired) electrons. The zero-order valence-electron chi connectivity index (χ0n) is 11.5. The van der Waals surface area contributed by atoms with Crippen molar-refractivity contribution in [2.45, 2.75) is 32.7 Å². The van der Waals surface area contributed by atoms with Crippen LogP contribution in [-0.4, -0.2) is 18.0 Å². The molecule has 3 N–H and O–H groups in total. The molecule has 1 amide bonds. The first kappa shape index (κ1) is 16.3. The van der Waals surface area contributed by atoms with Crippen molar-refractivity contribution in [3.8, 4) is 0 Å². The van der Waals surface area contributed by atoms with E-state index in [9.17, 15) is 4.79 Å². The average Bonchev–Trinajstić information content (AvgIpc) is 2.31. The van der Waals surface area contributed by atoms with Crippen LogP contribution in [0, 0.1) is 5.92 Å². The molecule has 0 aliphatic carbocycles. The smallest absolute Gasteiger partial charge is 0.253 e. The van der Waals surface area contributed by atoms with Crippen LogP contribution >= 0.6 is 23.2 Å². The minimum absolute atomic E-state index is 0.249. The quantitative estimate of drug-likeness (QED) is 0.875. The largest absolute Gasteiger partial charge is 0.346 e. The maximum atomic E-state index is 12.3. The average molecular weight is 303 g/mol. The van der Waals surface area contributed by atoms with Gasteiger partial charge in [-0.05, 0) is 37.5 Å². The lowest BCUT2D eigenvalue weighted by atomic mass is 9.90. The van der Waals surface area contributed by atoms with E-state index in [4.69, 9.17) is 28.9 Å². The molecule has 1 aromatic carbocycles. The third-order valence-corrected chi connectivity index (χ3v) is 3.46. The third-order valence-electron chi connectivity index (χ3n) is 2.90. The predicted molar refractivity (Wildman–Crippen MR) is 80.8 cm³/mol. The molecule has 1 aromatic rings. The Labute approximate surface area is 124 Å². The Morgan fingerprint density at radius 1 is 1.42 bits per heavy atom. The van der Waals surface area contributed by atoms with Gasteiger partial charge in [-0.2, -0.15) is 0 Å². The van der Waals surface area contributed by atoms with Gasteiger partial charge in [0.05, 0.1) is 10.6 Å². The van der Waals surface area contributed by atoms with Gasteiger partial charge in [0.1, 0.15) is 0 Å². The molecule has 19 heavy (non-hydrogen) atoms. The van der Waals surface area contributed by atoms with Crippen molar-refractivity contribution >= 4 is 29.1 Å². The summed E-state index contributed by atoms with van der Waals surface area (Å²) in [6, 6.07) is 4.82. The van der Waals surface area contributed by atoms with E-state index in [0.29, 0.717) is 28.1 Å². The lowest BCUT2D eigenvalue weighted by Crippen LogP contribution is -2.52. The second-order valence-electron chi connectivity index (χ2n) is 5.44. The molecule has 0 saturated carbocycles. The van der Waals surface area contributed by atoms with Crippen LogP contribution in [-0.2, 0) is 0 Å². The molecule has 1 rings (SSSR count). The standard InChI is InChI=1S/C14H20Cl2N2O/c1-9(2)7-14(3,8-17)18-13(19)11-6-10(15)4-5-12(11)16/h4-6,9H,7-8,17H2,1-3H3,(H,18,19). The fourth-order valence-electron chi connectivity index (χ4n) is 2.10. The van der Waals surface area contributed by atoms with E-state index in [1.165, 1.54) is 0 Å². The molecule has 0 bridgehead atoms. The normalized spacial score (nSPS) is 14.3. The van der Waals surface area contributed by atoms with Crippen molar-refractivity contribution in [3.05, 3.63) is 33.8 Å². The van der Waals surface area contributed by atoms with Crippen LogP contribution in [0.4, 0.5) is 0 Å². The summed E-state index contributed by atoms with van der Waals surface area (Å²) in [6.07, 6.45) is 0.799. The topological polar surface area (TPSA) is 55.1 Å². The molecule has 5 heteroatoms. The van der Waals surface area contributed by atoms with Gasteiger partial charge in [-0.1, -0.05) is 37.0 Å². The molecular formula is C14H20Cl2N2O. The summed E-state index contributed by atoms with van der Waals surface area (Å²) in [6.45, 7) is 6.48. The minimum Gasteiger partial charge on any atom is -0.346 e. The van der Waals surface area contributed by atoms with Crippen molar-refractivity contribution in [2.75, 3.05) is 6.54 Å². The van der Waals surface area contributed by atoms with Gasteiger partial charge in [-0.15, -0.1) is 0 Å². The molecule has 0 aliphatic heterocycles. The summed E-state index contributed by atoms with van der Waals surface area (Å²) >= 11 is 11.9. The number of amides is 1. The van der Waals surface area contributed by atoms with Crippen molar-refractivity contribution in [1.29, 1.82) is 0 Å². The van der Waals surface area contributed by atoms with Crippen molar-refractivity contribution in [2.24, 2.45) is 11.7 Å². The number of carbonyl (C=O) groups is 1. The van der Waals surface area contributed by atoms with Gasteiger partial charge in [-0.3, -0.25) is 4.79 Å². The predicted octanol–water partition coefficient (Wildman–Crippen LogP) is 3.49. The number of halogens is 2.